The van der Waals surface area contributed by atoms with E-state index in [2.05, 4.69) is 46.1 Å². The van der Waals surface area contributed by atoms with E-state index in [1.807, 2.05) is 0 Å². The zero-order chi connectivity index (χ0) is 12.4. The summed E-state index contributed by atoms with van der Waals surface area (Å²) in [4.78, 5) is 0. The molecule has 3 nitrogen and oxygen atoms in total. The quantitative estimate of drug-likeness (QED) is 0.756. The fourth-order valence-corrected chi connectivity index (χ4v) is 2.71. The average Bonchev–Trinajstić information content (AvgIpc) is 2.76. The number of hydrogen-bond acceptors (Lipinski definition) is 2. The van der Waals surface area contributed by atoms with Crippen molar-refractivity contribution in [3.05, 3.63) is 35.7 Å². The summed E-state index contributed by atoms with van der Waals surface area (Å²) in [6, 6.07) is 6.44. The van der Waals surface area contributed by atoms with Crippen LogP contribution in [-0.2, 0) is 19.4 Å². The summed E-state index contributed by atoms with van der Waals surface area (Å²) in [6.07, 6.45) is 8.21. The van der Waals surface area contributed by atoms with Crippen LogP contribution < -0.4 is 0 Å². The van der Waals surface area contributed by atoms with Crippen LogP contribution in [0.4, 0.5) is 0 Å². The lowest BCUT2D eigenvalue weighted by Gasteiger charge is -2.08. The van der Waals surface area contributed by atoms with Crippen LogP contribution >= 0.6 is 0 Å². The van der Waals surface area contributed by atoms with Gasteiger partial charge < -0.3 is 4.57 Å². The van der Waals surface area contributed by atoms with Crippen molar-refractivity contribution in [1.82, 2.24) is 14.8 Å². The van der Waals surface area contributed by atoms with Gasteiger partial charge >= 0.3 is 0 Å². The molecule has 0 amide bonds. The van der Waals surface area contributed by atoms with Crippen molar-refractivity contribution in [3.8, 4) is 11.4 Å². The first-order valence-corrected chi connectivity index (χ1v) is 6.89. The summed E-state index contributed by atoms with van der Waals surface area (Å²) in [6.45, 7) is 3.13. The van der Waals surface area contributed by atoms with E-state index in [0.717, 1.165) is 25.1 Å². The molecule has 3 rings (SSSR count). The molecule has 0 N–H and O–H groups in total. The summed E-state index contributed by atoms with van der Waals surface area (Å²) >= 11 is 0. The maximum absolute atomic E-state index is 4.45. The third-order valence-corrected chi connectivity index (χ3v) is 3.75. The van der Waals surface area contributed by atoms with Gasteiger partial charge in [-0.2, -0.15) is 5.10 Å². The standard InChI is InChI=1S/C15H19N3/c1-2-18-10-6-9-15(18)14-11-12-7-4-3-5-8-13(12)16-17-14/h6,9-11H,2-5,7-8H2,1H3. The van der Waals surface area contributed by atoms with Crippen molar-refractivity contribution in [2.24, 2.45) is 0 Å². The number of rotatable bonds is 2. The fourth-order valence-electron chi connectivity index (χ4n) is 2.71. The van der Waals surface area contributed by atoms with Crippen molar-refractivity contribution in [3.63, 3.8) is 0 Å². The zero-order valence-electron chi connectivity index (χ0n) is 10.9. The summed E-state index contributed by atoms with van der Waals surface area (Å²) in [5, 5.41) is 8.86. The smallest absolute Gasteiger partial charge is 0.110 e. The molecule has 0 aromatic carbocycles. The van der Waals surface area contributed by atoms with Gasteiger partial charge in [0.1, 0.15) is 5.69 Å². The number of aryl methyl sites for hydroxylation is 3. The largest absolute Gasteiger partial charge is 0.346 e. The van der Waals surface area contributed by atoms with Crippen LogP contribution in [0, 0.1) is 0 Å². The third kappa shape index (κ3) is 2.05. The van der Waals surface area contributed by atoms with Crippen LogP contribution in [0.1, 0.15) is 37.4 Å². The average molecular weight is 241 g/mol. The molecule has 94 valence electrons. The van der Waals surface area contributed by atoms with E-state index in [-0.39, 0.29) is 0 Å². The molecular weight excluding hydrogens is 222 g/mol. The topological polar surface area (TPSA) is 30.7 Å². The molecule has 0 spiro atoms. The molecule has 0 fully saturated rings. The molecule has 0 atom stereocenters. The van der Waals surface area contributed by atoms with Gasteiger partial charge in [0, 0.05) is 12.7 Å². The summed E-state index contributed by atoms with van der Waals surface area (Å²) in [7, 11) is 0. The normalized spacial score (nSPS) is 15.2. The Labute approximate surface area is 108 Å². The number of hydrogen-bond donors (Lipinski definition) is 0. The van der Waals surface area contributed by atoms with Crippen LogP contribution in [0.3, 0.4) is 0 Å². The predicted molar refractivity (Wildman–Crippen MR) is 72.4 cm³/mol. The number of aromatic nitrogens is 3. The Kier molecular flexibility index (Phi) is 3.13. The Bertz CT molecular complexity index is 542. The first-order chi connectivity index (χ1) is 8.88. The number of fused-ring (bicyclic) bond motifs is 1. The van der Waals surface area contributed by atoms with Crippen molar-refractivity contribution < 1.29 is 0 Å². The second kappa shape index (κ2) is 4.92. The zero-order valence-corrected chi connectivity index (χ0v) is 10.9. The molecule has 0 aliphatic heterocycles. The highest BCUT2D eigenvalue weighted by Crippen LogP contribution is 2.23. The summed E-state index contributed by atoms with van der Waals surface area (Å²) < 4.78 is 2.22. The summed E-state index contributed by atoms with van der Waals surface area (Å²) in [5.74, 6) is 0. The molecule has 0 saturated heterocycles. The van der Waals surface area contributed by atoms with Crippen LogP contribution in [0.5, 0.6) is 0 Å². The van der Waals surface area contributed by atoms with Gasteiger partial charge in [0.25, 0.3) is 0 Å². The van der Waals surface area contributed by atoms with Gasteiger partial charge in [-0.3, -0.25) is 0 Å². The molecule has 0 saturated carbocycles. The molecule has 0 bridgehead atoms. The van der Waals surface area contributed by atoms with Crippen LogP contribution in [0.2, 0.25) is 0 Å². The van der Waals surface area contributed by atoms with Crippen molar-refractivity contribution in [2.45, 2.75) is 45.6 Å². The van der Waals surface area contributed by atoms with Crippen molar-refractivity contribution >= 4 is 0 Å². The van der Waals surface area contributed by atoms with E-state index in [9.17, 15) is 0 Å². The number of nitrogens with zero attached hydrogens (tertiary/aromatic N) is 3. The van der Waals surface area contributed by atoms with Gasteiger partial charge in [0.05, 0.1) is 11.4 Å². The summed E-state index contributed by atoms with van der Waals surface area (Å²) in [5.41, 5.74) is 4.81. The molecule has 3 heteroatoms. The van der Waals surface area contributed by atoms with Gasteiger partial charge in [-0.05, 0) is 56.4 Å². The van der Waals surface area contributed by atoms with Gasteiger partial charge in [-0.1, -0.05) is 6.42 Å². The molecule has 0 radical (unpaired) electrons. The first kappa shape index (κ1) is 11.5. The fraction of sp³-hybridized carbons (Fsp3) is 0.467. The molecule has 0 unspecified atom stereocenters. The van der Waals surface area contributed by atoms with Crippen LogP contribution in [0.25, 0.3) is 11.4 Å². The van der Waals surface area contributed by atoms with E-state index < -0.39 is 0 Å². The van der Waals surface area contributed by atoms with Gasteiger partial charge in [0.2, 0.25) is 0 Å². The second-order valence-corrected chi connectivity index (χ2v) is 4.94. The van der Waals surface area contributed by atoms with Crippen LogP contribution in [0.15, 0.2) is 24.4 Å². The molecule has 2 aromatic heterocycles. The molecule has 2 heterocycles. The van der Waals surface area contributed by atoms with E-state index >= 15 is 0 Å². The second-order valence-electron chi connectivity index (χ2n) is 4.94. The highest BCUT2D eigenvalue weighted by molar-refractivity contribution is 5.56. The lowest BCUT2D eigenvalue weighted by molar-refractivity contribution is 0.706. The SMILES string of the molecule is CCn1cccc1-c1cc2c(nn1)CCCCC2. The monoisotopic (exact) mass is 241 g/mol. The van der Waals surface area contributed by atoms with Gasteiger partial charge in [0.15, 0.2) is 0 Å². The van der Waals surface area contributed by atoms with Crippen molar-refractivity contribution in [2.75, 3.05) is 0 Å². The highest BCUT2D eigenvalue weighted by atomic mass is 15.1. The van der Waals surface area contributed by atoms with Gasteiger partial charge in [-0.25, -0.2) is 0 Å². The minimum atomic E-state index is 0.973. The maximum atomic E-state index is 4.45. The third-order valence-electron chi connectivity index (χ3n) is 3.75. The van der Waals surface area contributed by atoms with E-state index in [0.29, 0.717) is 0 Å². The molecule has 18 heavy (non-hydrogen) atoms. The highest BCUT2D eigenvalue weighted by Gasteiger charge is 2.13. The Morgan fingerprint density at radius 2 is 2.06 bits per heavy atom. The van der Waals surface area contributed by atoms with Crippen molar-refractivity contribution in [1.29, 1.82) is 0 Å². The van der Waals surface area contributed by atoms with E-state index in [1.54, 1.807) is 0 Å². The molecule has 1 aliphatic carbocycles. The van der Waals surface area contributed by atoms with E-state index in [4.69, 9.17) is 0 Å². The molecule has 1 aliphatic rings. The lowest BCUT2D eigenvalue weighted by atomic mass is 10.1. The Morgan fingerprint density at radius 3 is 2.94 bits per heavy atom. The Hall–Kier alpha value is -1.64. The van der Waals surface area contributed by atoms with Crippen LogP contribution in [-0.4, -0.2) is 14.8 Å². The Balaban J connectivity index is 2.01. The Morgan fingerprint density at radius 1 is 1.17 bits per heavy atom. The maximum Gasteiger partial charge on any atom is 0.110 e. The first-order valence-electron chi connectivity index (χ1n) is 6.89. The van der Waals surface area contributed by atoms with Gasteiger partial charge in [-0.15, -0.1) is 5.10 Å². The predicted octanol–water partition coefficient (Wildman–Crippen LogP) is 3.23. The minimum Gasteiger partial charge on any atom is -0.346 e. The lowest BCUT2D eigenvalue weighted by Crippen LogP contribution is -2.02. The van der Waals surface area contributed by atoms with E-state index in [1.165, 1.54) is 36.2 Å². The molecular formula is C15H19N3. The minimum absolute atomic E-state index is 0.973. The molecule has 2 aromatic rings.